The van der Waals surface area contributed by atoms with E-state index in [1.165, 1.54) is 21.4 Å². The molecule has 176 valence electrons. The lowest BCUT2D eigenvalue weighted by atomic mass is 9.83. The van der Waals surface area contributed by atoms with Crippen LogP contribution in [0.5, 0.6) is 0 Å². The molecule has 3 aromatic carbocycles. The number of hydrogen-bond donors (Lipinski definition) is 1. The maximum Gasteiger partial charge on any atom is 0.251 e. The van der Waals surface area contributed by atoms with Crippen LogP contribution in [-0.4, -0.2) is 34.3 Å². The molecule has 35 heavy (non-hydrogen) atoms. The van der Waals surface area contributed by atoms with Gasteiger partial charge in [0.1, 0.15) is 0 Å². The molecule has 0 spiro atoms. The smallest absolute Gasteiger partial charge is 0.251 e. The highest BCUT2D eigenvalue weighted by Crippen LogP contribution is 2.45. The number of benzene rings is 3. The lowest BCUT2D eigenvalue weighted by molar-refractivity contribution is -0.123. The van der Waals surface area contributed by atoms with Gasteiger partial charge in [0.2, 0.25) is 5.91 Å². The van der Waals surface area contributed by atoms with E-state index in [9.17, 15) is 9.59 Å². The molecule has 0 saturated carbocycles. The van der Waals surface area contributed by atoms with Crippen LogP contribution in [0.1, 0.15) is 47.7 Å². The van der Waals surface area contributed by atoms with Gasteiger partial charge in [-0.15, -0.1) is 0 Å². The summed E-state index contributed by atoms with van der Waals surface area (Å²) in [4.78, 5) is 34.1. The first-order valence-electron chi connectivity index (χ1n) is 12.0. The number of para-hydroxylation sites is 1. The number of carbonyl (C=O) groups excluding carboxylic acids is 2. The summed E-state index contributed by atoms with van der Waals surface area (Å²) in [6.07, 6.45) is 0.159. The Kier molecular flexibility index (Phi) is 5.28. The van der Waals surface area contributed by atoms with Crippen LogP contribution in [-0.2, 0) is 9.59 Å². The number of carbonyl (C=O) groups is 2. The van der Waals surface area contributed by atoms with Gasteiger partial charge in [-0.3, -0.25) is 14.5 Å². The number of amides is 2. The van der Waals surface area contributed by atoms with Gasteiger partial charge in [0.25, 0.3) is 5.91 Å². The molecule has 5 nitrogen and oxygen atoms in total. The summed E-state index contributed by atoms with van der Waals surface area (Å²) >= 11 is 6.22. The summed E-state index contributed by atoms with van der Waals surface area (Å²) in [7, 11) is 0. The van der Waals surface area contributed by atoms with E-state index in [-0.39, 0.29) is 30.2 Å². The van der Waals surface area contributed by atoms with Crippen molar-refractivity contribution in [1.29, 1.82) is 0 Å². The number of aryl methyl sites for hydroxylation is 1. The number of aromatic nitrogens is 1. The van der Waals surface area contributed by atoms with Crippen molar-refractivity contribution in [3.05, 3.63) is 100 Å². The second-order valence-electron chi connectivity index (χ2n) is 9.55. The minimum absolute atomic E-state index is 0.0421. The molecule has 4 aromatic rings. The fourth-order valence-corrected chi connectivity index (χ4v) is 5.99. The van der Waals surface area contributed by atoms with Crippen molar-refractivity contribution in [1.82, 2.24) is 9.88 Å². The third kappa shape index (κ3) is 3.49. The number of hydrogen-bond acceptors (Lipinski definition) is 3. The van der Waals surface area contributed by atoms with Crippen molar-refractivity contribution in [2.45, 2.75) is 38.3 Å². The number of imide groups is 1. The van der Waals surface area contributed by atoms with Gasteiger partial charge in [-0.05, 0) is 48.7 Å². The highest BCUT2D eigenvalue weighted by Gasteiger charge is 2.47. The van der Waals surface area contributed by atoms with Crippen LogP contribution in [0.4, 0.5) is 5.69 Å². The molecule has 2 aliphatic heterocycles. The van der Waals surface area contributed by atoms with E-state index < -0.39 is 6.04 Å². The molecule has 1 aromatic heterocycles. The Bertz CT molecular complexity index is 1460. The average Bonchev–Trinajstić information content (AvgIpc) is 3.39. The molecule has 6 rings (SSSR count). The van der Waals surface area contributed by atoms with E-state index in [4.69, 9.17) is 11.6 Å². The van der Waals surface area contributed by atoms with Gasteiger partial charge >= 0.3 is 0 Å². The van der Waals surface area contributed by atoms with Gasteiger partial charge in [-0.2, -0.15) is 0 Å². The van der Waals surface area contributed by atoms with E-state index in [1.807, 2.05) is 25.1 Å². The van der Waals surface area contributed by atoms with Crippen LogP contribution in [0.25, 0.3) is 10.9 Å². The number of aromatic amines is 1. The minimum Gasteiger partial charge on any atom is -0.357 e. The lowest BCUT2D eigenvalue weighted by Crippen LogP contribution is -2.47. The summed E-state index contributed by atoms with van der Waals surface area (Å²) in [5, 5.41) is 1.72. The van der Waals surface area contributed by atoms with Crippen LogP contribution in [0.2, 0.25) is 5.02 Å². The van der Waals surface area contributed by atoms with Gasteiger partial charge < -0.3 is 4.98 Å². The first-order chi connectivity index (χ1) is 16.9. The molecule has 1 saturated heterocycles. The molecule has 3 heterocycles. The van der Waals surface area contributed by atoms with E-state index in [0.29, 0.717) is 17.3 Å². The Morgan fingerprint density at radius 1 is 0.971 bits per heavy atom. The molecular weight excluding hydrogens is 458 g/mol. The summed E-state index contributed by atoms with van der Waals surface area (Å²) < 4.78 is 0. The maximum atomic E-state index is 13.8. The lowest BCUT2D eigenvalue weighted by Gasteiger charge is -2.41. The highest BCUT2D eigenvalue weighted by molar-refractivity contribution is 6.31. The van der Waals surface area contributed by atoms with Crippen molar-refractivity contribution in [2.24, 2.45) is 0 Å². The maximum absolute atomic E-state index is 13.8. The Morgan fingerprint density at radius 2 is 1.71 bits per heavy atom. The minimum atomic E-state index is -0.526. The molecule has 2 amide bonds. The number of halogens is 1. The zero-order valence-corrected chi connectivity index (χ0v) is 20.4. The molecule has 6 heteroatoms. The molecule has 0 bridgehead atoms. The Hall–Kier alpha value is -3.41. The number of nitrogens with zero attached hydrogens (tertiary/aromatic N) is 2. The van der Waals surface area contributed by atoms with Gasteiger partial charge in [0.05, 0.1) is 18.2 Å². The van der Waals surface area contributed by atoms with Crippen LogP contribution >= 0.6 is 11.6 Å². The number of anilines is 1. The zero-order valence-electron chi connectivity index (χ0n) is 19.7. The zero-order chi connectivity index (χ0) is 24.3. The van der Waals surface area contributed by atoms with E-state index in [0.717, 1.165) is 16.8 Å². The summed E-state index contributed by atoms with van der Waals surface area (Å²) in [6.45, 7) is 4.68. The molecule has 0 radical (unpaired) electrons. The van der Waals surface area contributed by atoms with Gasteiger partial charge in [-0.1, -0.05) is 66.2 Å². The monoisotopic (exact) mass is 483 g/mol. The number of H-pyrrole nitrogens is 1. The number of fused-ring (bicyclic) bond motifs is 3. The van der Waals surface area contributed by atoms with Crippen molar-refractivity contribution in [3.8, 4) is 0 Å². The largest absolute Gasteiger partial charge is 0.357 e. The van der Waals surface area contributed by atoms with E-state index >= 15 is 0 Å². The number of rotatable bonds is 3. The SMILES string of the molecule is Cc1ccc(Cl)cc1N1C(=O)CC(N2CC(c3ccccc3)c3c([nH]c4ccccc34)C2C)C1=O. The Labute approximate surface area is 209 Å². The molecule has 1 fully saturated rings. The average molecular weight is 484 g/mol. The fourth-order valence-electron chi connectivity index (χ4n) is 5.82. The second kappa shape index (κ2) is 8.36. The topological polar surface area (TPSA) is 56.4 Å². The highest BCUT2D eigenvalue weighted by atomic mass is 35.5. The van der Waals surface area contributed by atoms with Crippen molar-refractivity contribution in [2.75, 3.05) is 11.4 Å². The molecule has 1 N–H and O–H groups in total. The first kappa shape index (κ1) is 22.1. The van der Waals surface area contributed by atoms with E-state index in [1.54, 1.807) is 12.1 Å². The van der Waals surface area contributed by atoms with Gasteiger partial charge in [0.15, 0.2) is 0 Å². The van der Waals surface area contributed by atoms with Crippen molar-refractivity contribution >= 4 is 40.0 Å². The molecular formula is C29H26ClN3O2. The summed E-state index contributed by atoms with van der Waals surface area (Å²) in [5.74, 6) is -0.279. The van der Waals surface area contributed by atoms with Crippen LogP contribution in [0.3, 0.4) is 0 Å². The summed E-state index contributed by atoms with van der Waals surface area (Å²) in [5.41, 5.74) is 6.12. The fraction of sp³-hybridized carbons (Fsp3) is 0.241. The van der Waals surface area contributed by atoms with Gasteiger partial charge in [-0.25, -0.2) is 4.90 Å². The van der Waals surface area contributed by atoms with Crippen LogP contribution < -0.4 is 4.90 Å². The van der Waals surface area contributed by atoms with Gasteiger partial charge in [0, 0.05) is 40.1 Å². The Morgan fingerprint density at radius 3 is 2.51 bits per heavy atom. The molecule has 0 aliphatic carbocycles. The van der Waals surface area contributed by atoms with Crippen LogP contribution in [0.15, 0.2) is 72.8 Å². The van der Waals surface area contributed by atoms with E-state index in [2.05, 4.69) is 59.3 Å². The predicted octanol–water partition coefficient (Wildman–Crippen LogP) is 5.97. The van der Waals surface area contributed by atoms with Crippen LogP contribution in [0, 0.1) is 6.92 Å². The standard InChI is InChI=1S/C29H26ClN3O2/c1-17-12-13-20(30)14-24(17)33-26(34)15-25(29(33)35)32-16-22(19-8-4-3-5-9-19)27-21-10-6-7-11-23(21)31-28(27)18(32)2/h3-14,18,22,25,31H,15-16H2,1-2H3. The van der Waals surface area contributed by atoms with Crippen molar-refractivity contribution in [3.63, 3.8) is 0 Å². The number of nitrogens with one attached hydrogen (secondary N) is 1. The summed E-state index contributed by atoms with van der Waals surface area (Å²) in [6, 6.07) is 23.5. The normalized spacial score (nSPS) is 22.7. The second-order valence-corrected chi connectivity index (χ2v) is 9.99. The quantitative estimate of drug-likeness (QED) is 0.365. The predicted molar refractivity (Wildman–Crippen MR) is 139 cm³/mol. The third-order valence-corrected chi connectivity index (χ3v) is 7.81. The Balaban J connectivity index is 1.43. The third-order valence-electron chi connectivity index (χ3n) is 7.57. The van der Waals surface area contributed by atoms with Crippen molar-refractivity contribution < 1.29 is 9.59 Å². The molecule has 3 unspecified atom stereocenters. The molecule has 3 atom stereocenters. The molecule has 2 aliphatic rings. The first-order valence-corrected chi connectivity index (χ1v) is 12.4.